The number of nitrogens with zero attached hydrogens (tertiary/aromatic N) is 4. The van der Waals surface area contributed by atoms with Gasteiger partial charge < -0.3 is 14.3 Å². The lowest BCUT2D eigenvalue weighted by Gasteiger charge is -2.11. The van der Waals surface area contributed by atoms with Gasteiger partial charge in [-0.15, -0.1) is 10.2 Å². The standard InChI is InChI=1S/C17H17N5O4S/c1-10-14(7-8-26-10)15-19-20-17(21(15)3)27-11(2)16(23)18-12-5-4-6-13(9-12)22(24)25/h4-9,11H,1-3H3,(H,18,23). The van der Waals surface area contributed by atoms with E-state index in [1.54, 1.807) is 23.8 Å². The lowest BCUT2D eigenvalue weighted by molar-refractivity contribution is -0.384. The van der Waals surface area contributed by atoms with Crippen molar-refractivity contribution in [2.24, 2.45) is 7.05 Å². The third-order valence-corrected chi connectivity index (χ3v) is 5.04. The first kappa shape index (κ1) is 18.6. The minimum atomic E-state index is -0.507. The van der Waals surface area contributed by atoms with Gasteiger partial charge in [-0.2, -0.15) is 0 Å². The van der Waals surface area contributed by atoms with Gasteiger partial charge in [-0.1, -0.05) is 17.8 Å². The number of carbonyl (C=O) groups is 1. The lowest BCUT2D eigenvalue weighted by atomic mass is 10.2. The number of nitro groups is 1. The van der Waals surface area contributed by atoms with E-state index in [1.165, 1.54) is 30.0 Å². The van der Waals surface area contributed by atoms with Crippen LogP contribution in [0.15, 0.2) is 46.2 Å². The third kappa shape index (κ3) is 4.00. The average Bonchev–Trinajstić information content (AvgIpc) is 3.21. The molecule has 1 aromatic carbocycles. The smallest absolute Gasteiger partial charge is 0.271 e. The Balaban J connectivity index is 1.70. The van der Waals surface area contributed by atoms with Crippen molar-refractivity contribution in [1.29, 1.82) is 0 Å². The Hall–Kier alpha value is -3.14. The largest absolute Gasteiger partial charge is 0.469 e. The number of nitro benzene ring substituents is 1. The molecule has 1 amide bonds. The highest BCUT2D eigenvalue weighted by molar-refractivity contribution is 8.00. The van der Waals surface area contributed by atoms with Crippen LogP contribution in [0, 0.1) is 17.0 Å². The van der Waals surface area contributed by atoms with Crippen LogP contribution in [0.25, 0.3) is 11.4 Å². The van der Waals surface area contributed by atoms with E-state index in [2.05, 4.69) is 15.5 Å². The van der Waals surface area contributed by atoms with Crippen molar-refractivity contribution in [1.82, 2.24) is 14.8 Å². The number of aryl methyl sites for hydroxylation is 1. The predicted octanol–water partition coefficient (Wildman–Crippen LogP) is 3.41. The molecule has 0 fully saturated rings. The highest BCUT2D eigenvalue weighted by Crippen LogP contribution is 2.28. The van der Waals surface area contributed by atoms with E-state index in [9.17, 15) is 14.9 Å². The van der Waals surface area contributed by atoms with Crippen LogP contribution < -0.4 is 5.32 Å². The van der Waals surface area contributed by atoms with Crippen LogP contribution in [-0.2, 0) is 11.8 Å². The summed E-state index contributed by atoms with van der Waals surface area (Å²) in [6.07, 6.45) is 1.58. The van der Waals surface area contributed by atoms with Crippen molar-refractivity contribution >= 4 is 29.0 Å². The molecule has 2 heterocycles. The van der Waals surface area contributed by atoms with Crippen molar-refractivity contribution in [3.63, 3.8) is 0 Å². The van der Waals surface area contributed by atoms with E-state index in [1.807, 2.05) is 20.0 Å². The van der Waals surface area contributed by atoms with Crippen molar-refractivity contribution in [2.45, 2.75) is 24.3 Å². The van der Waals surface area contributed by atoms with Gasteiger partial charge in [0.2, 0.25) is 5.91 Å². The SMILES string of the molecule is Cc1occc1-c1nnc(SC(C)C(=O)Nc2cccc([N+](=O)[O-])c2)n1C. The number of non-ortho nitro benzene ring substituents is 1. The predicted molar refractivity (Wildman–Crippen MR) is 100 cm³/mol. The summed E-state index contributed by atoms with van der Waals surface area (Å²) >= 11 is 1.24. The second kappa shape index (κ2) is 7.62. The monoisotopic (exact) mass is 387 g/mol. The first-order chi connectivity index (χ1) is 12.9. The molecule has 3 aromatic rings. The molecule has 0 spiro atoms. The van der Waals surface area contributed by atoms with Crippen LogP contribution >= 0.6 is 11.8 Å². The van der Waals surface area contributed by atoms with Gasteiger partial charge in [-0.25, -0.2) is 0 Å². The molecule has 27 heavy (non-hydrogen) atoms. The van der Waals surface area contributed by atoms with Crippen LogP contribution in [0.5, 0.6) is 0 Å². The van der Waals surface area contributed by atoms with E-state index in [-0.39, 0.29) is 11.6 Å². The Bertz CT molecular complexity index is 997. The van der Waals surface area contributed by atoms with Crippen molar-refractivity contribution in [3.05, 3.63) is 52.5 Å². The van der Waals surface area contributed by atoms with Gasteiger partial charge in [0.1, 0.15) is 5.76 Å². The molecular weight excluding hydrogens is 370 g/mol. The van der Waals surface area contributed by atoms with Gasteiger partial charge in [0, 0.05) is 24.9 Å². The Labute approximate surface area is 158 Å². The number of hydrogen-bond acceptors (Lipinski definition) is 7. The number of benzene rings is 1. The van der Waals surface area contributed by atoms with Crippen LogP contribution in [0.3, 0.4) is 0 Å². The lowest BCUT2D eigenvalue weighted by Crippen LogP contribution is -2.22. The van der Waals surface area contributed by atoms with Gasteiger partial charge in [-0.05, 0) is 26.0 Å². The topological polar surface area (TPSA) is 116 Å². The van der Waals surface area contributed by atoms with Crippen molar-refractivity contribution in [3.8, 4) is 11.4 Å². The Morgan fingerprint density at radius 1 is 1.37 bits per heavy atom. The Morgan fingerprint density at radius 3 is 2.81 bits per heavy atom. The minimum absolute atomic E-state index is 0.0819. The highest BCUT2D eigenvalue weighted by Gasteiger charge is 2.21. The highest BCUT2D eigenvalue weighted by atomic mass is 32.2. The number of anilines is 1. The number of aromatic nitrogens is 3. The third-order valence-electron chi connectivity index (χ3n) is 3.91. The molecule has 140 valence electrons. The maximum atomic E-state index is 12.4. The number of rotatable bonds is 6. The molecule has 0 saturated carbocycles. The number of nitrogens with one attached hydrogen (secondary N) is 1. The first-order valence-electron chi connectivity index (χ1n) is 8.02. The number of carbonyl (C=O) groups excluding carboxylic acids is 1. The zero-order chi connectivity index (χ0) is 19.6. The fraction of sp³-hybridized carbons (Fsp3) is 0.235. The van der Waals surface area contributed by atoms with Gasteiger partial charge in [0.05, 0.1) is 22.0 Å². The van der Waals surface area contributed by atoms with E-state index in [4.69, 9.17) is 4.42 Å². The number of thioether (sulfide) groups is 1. The number of amides is 1. The van der Waals surface area contributed by atoms with E-state index >= 15 is 0 Å². The van der Waals surface area contributed by atoms with Gasteiger partial charge in [0.25, 0.3) is 5.69 Å². The molecule has 0 aliphatic carbocycles. The molecule has 0 saturated heterocycles. The zero-order valence-corrected chi connectivity index (χ0v) is 15.7. The van der Waals surface area contributed by atoms with E-state index in [0.29, 0.717) is 16.7 Å². The molecule has 1 unspecified atom stereocenters. The van der Waals surface area contributed by atoms with Crippen LogP contribution in [0.4, 0.5) is 11.4 Å². The summed E-state index contributed by atoms with van der Waals surface area (Å²) in [6.45, 7) is 3.57. The molecular formula is C17H17N5O4S. The summed E-state index contributed by atoms with van der Waals surface area (Å²) in [5, 5.41) is 21.9. The minimum Gasteiger partial charge on any atom is -0.469 e. The maximum absolute atomic E-state index is 12.4. The van der Waals surface area contributed by atoms with E-state index < -0.39 is 10.2 Å². The molecule has 9 nitrogen and oxygen atoms in total. The summed E-state index contributed by atoms with van der Waals surface area (Å²) in [7, 11) is 1.81. The quantitative estimate of drug-likeness (QED) is 0.391. The molecule has 10 heteroatoms. The van der Waals surface area contributed by atoms with Crippen molar-refractivity contribution < 1.29 is 14.1 Å². The molecule has 0 aliphatic rings. The van der Waals surface area contributed by atoms with Gasteiger partial charge in [-0.3, -0.25) is 14.9 Å². The maximum Gasteiger partial charge on any atom is 0.271 e. The van der Waals surface area contributed by atoms with Gasteiger partial charge in [0.15, 0.2) is 11.0 Å². The second-order valence-corrected chi connectivity index (χ2v) is 7.12. The summed E-state index contributed by atoms with van der Waals surface area (Å²) in [4.78, 5) is 22.8. The normalized spacial score (nSPS) is 12.0. The summed E-state index contributed by atoms with van der Waals surface area (Å²) in [5.41, 5.74) is 1.13. The Morgan fingerprint density at radius 2 is 2.15 bits per heavy atom. The second-order valence-electron chi connectivity index (χ2n) is 5.81. The van der Waals surface area contributed by atoms with Crippen LogP contribution in [0.2, 0.25) is 0 Å². The fourth-order valence-electron chi connectivity index (χ4n) is 2.42. The Kier molecular flexibility index (Phi) is 5.26. The molecule has 0 aliphatic heterocycles. The summed E-state index contributed by atoms with van der Waals surface area (Å²) in [6, 6.07) is 7.62. The molecule has 0 radical (unpaired) electrons. The van der Waals surface area contributed by atoms with Crippen molar-refractivity contribution in [2.75, 3.05) is 5.32 Å². The van der Waals surface area contributed by atoms with Crippen LogP contribution in [0.1, 0.15) is 12.7 Å². The van der Waals surface area contributed by atoms with E-state index in [0.717, 1.165) is 11.3 Å². The van der Waals surface area contributed by atoms with Crippen LogP contribution in [-0.4, -0.2) is 30.8 Å². The fourth-order valence-corrected chi connectivity index (χ4v) is 3.24. The zero-order valence-electron chi connectivity index (χ0n) is 14.9. The molecule has 1 N–H and O–H groups in total. The molecule has 3 rings (SSSR count). The molecule has 2 aromatic heterocycles. The summed E-state index contributed by atoms with van der Waals surface area (Å²) in [5.74, 6) is 1.10. The molecule has 1 atom stereocenters. The van der Waals surface area contributed by atoms with Gasteiger partial charge >= 0.3 is 0 Å². The number of hydrogen-bond donors (Lipinski definition) is 1. The molecule has 0 bridgehead atoms. The number of furan rings is 1. The first-order valence-corrected chi connectivity index (χ1v) is 8.90. The summed E-state index contributed by atoms with van der Waals surface area (Å²) < 4.78 is 7.09. The average molecular weight is 387 g/mol.